The van der Waals surface area contributed by atoms with E-state index in [1.165, 1.54) is 54.2 Å². The van der Waals surface area contributed by atoms with Crippen molar-refractivity contribution >= 4 is 11.3 Å². The van der Waals surface area contributed by atoms with E-state index in [1.807, 2.05) is 11.3 Å². The second kappa shape index (κ2) is 6.00. The van der Waals surface area contributed by atoms with E-state index < -0.39 is 0 Å². The molecule has 3 rings (SSSR count). The van der Waals surface area contributed by atoms with E-state index in [0.29, 0.717) is 5.41 Å². The molecule has 2 bridgehead atoms. The summed E-state index contributed by atoms with van der Waals surface area (Å²) in [5, 5.41) is 5.15. The Kier molecular flexibility index (Phi) is 4.42. The smallest absolute Gasteiger partial charge is 0.0937 e. The van der Waals surface area contributed by atoms with Crippen molar-refractivity contribution in [3.8, 4) is 0 Å². The van der Waals surface area contributed by atoms with Crippen LogP contribution in [0, 0.1) is 37.0 Å². The van der Waals surface area contributed by atoms with Crippen molar-refractivity contribution in [3.05, 3.63) is 15.6 Å². The van der Waals surface area contributed by atoms with E-state index in [9.17, 15) is 0 Å². The van der Waals surface area contributed by atoms with Gasteiger partial charge < -0.3 is 5.32 Å². The summed E-state index contributed by atoms with van der Waals surface area (Å²) in [7, 11) is 0. The van der Waals surface area contributed by atoms with Gasteiger partial charge in [0.25, 0.3) is 0 Å². The van der Waals surface area contributed by atoms with Crippen molar-refractivity contribution in [2.24, 2.45) is 23.2 Å². The van der Waals surface area contributed by atoms with Gasteiger partial charge in [0.1, 0.15) is 0 Å². The summed E-state index contributed by atoms with van der Waals surface area (Å²) in [4.78, 5) is 6.24. The van der Waals surface area contributed by atoms with Crippen LogP contribution >= 0.6 is 11.3 Å². The molecule has 2 saturated carbocycles. The first-order chi connectivity index (χ1) is 9.98. The van der Waals surface area contributed by atoms with Crippen LogP contribution in [-0.2, 0) is 6.42 Å². The van der Waals surface area contributed by atoms with Gasteiger partial charge in [0.2, 0.25) is 0 Å². The second-order valence-electron chi connectivity index (χ2n) is 7.89. The average Bonchev–Trinajstić information content (AvgIpc) is 3.05. The summed E-state index contributed by atoms with van der Waals surface area (Å²) in [6.45, 7) is 11.3. The number of aromatic nitrogens is 1. The highest BCUT2D eigenvalue weighted by Crippen LogP contribution is 2.57. The summed E-state index contributed by atoms with van der Waals surface area (Å²) < 4.78 is 0. The maximum atomic E-state index is 4.84. The zero-order chi connectivity index (χ0) is 15.0. The Hall–Kier alpha value is -0.410. The van der Waals surface area contributed by atoms with Gasteiger partial charge in [0.05, 0.1) is 10.7 Å². The van der Waals surface area contributed by atoms with Gasteiger partial charge >= 0.3 is 0 Å². The third kappa shape index (κ3) is 3.19. The zero-order valence-corrected chi connectivity index (χ0v) is 14.9. The zero-order valence-electron chi connectivity index (χ0n) is 14.0. The molecule has 2 aliphatic rings. The van der Waals surface area contributed by atoms with Crippen LogP contribution in [0.5, 0.6) is 0 Å². The van der Waals surface area contributed by atoms with Crippen molar-refractivity contribution in [2.45, 2.75) is 59.8 Å². The Balaban J connectivity index is 1.73. The van der Waals surface area contributed by atoms with E-state index >= 15 is 0 Å². The molecule has 3 atom stereocenters. The molecule has 1 aromatic heterocycles. The molecule has 2 fully saturated rings. The van der Waals surface area contributed by atoms with Crippen molar-refractivity contribution in [1.29, 1.82) is 0 Å². The van der Waals surface area contributed by atoms with Crippen LogP contribution in [0.4, 0.5) is 0 Å². The molecule has 3 heteroatoms. The Morgan fingerprint density at radius 3 is 2.67 bits per heavy atom. The van der Waals surface area contributed by atoms with Gasteiger partial charge in [-0.25, -0.2) is 4.98 Å². The highest BCUT2D eigenvalue weighted by molar-refractivity contribution is 7.11. The van der Waals surface area contributed by atoms with Crippen LogP contribution in [0.1, 0.15) is 55.1 Å². The molecule has 0 amide bonds. The molecule has 2 aliphatic carbocycles. The molecule has 1 N–H and O–H groups in total. The van der Waals surface area contributed by atoms with E-state index in [2.05, 4.69) is 33.0 Å². The minimum Gasteiger partial charge on any atom is -0.316 e. The van der Waals surface area contributed by atoms with Gasteiger partial charge in [-0.3, -0.25) is 0 Å². The molecule has 21 heavy (non-hydrogen) atoms. The summed E-state index contributed by atoms with van der Waals surface area (Å²) in [5.41, 5.74) is 1.73. The topological polar surface area (TPSA) is 24.9 Å². The minimum atomic E-state index is 0.495. The van der Waals surface area contributed by atoms with Crippen LogP contribution < -0.4 is 5.32 Å². The fraction of sp³-hybridized carbons (Fsp3) is 0.833. The fourth-order valence-corrected chi connectivity index (χ4v) is 5.67. The van der Waals surface area contributed by atoms with Gasteiger partial charge in [0, 0.05) is 17.8 Å². The van der Waals surface area contributed by atoms with Crippen LogP contribution in [0.3, 0.4) is 0 Å². The van der Waals surface area contributed by atoms with E-state index in [4.69, 9.17) is 4.98 Å². The van der Waals surface area contributed by atoms with Crippen molar-refractivity contribution in [3.63, 3.8) is 0 Å². The Morgan fingerprint density at radius 1 is 1.33 bits per heavy atom. The first-order valence-corrected chi connectivity index (χ1v) is 9.44. The lowest BCUT2D eigenvalue weighted by molar-refractivity contribution is 0.154. The molecule has 118 valence electrons. The van der Waals surface area contributed by atoms with E-state index in [1.54, 1.807) is 0 Å². The van der Waals surface area contributed by atoms with Gasteiger partial charge in [0.15, 0.2) is 0 Å². The van der Waals surface area contributed by atoms with Crippen LogP contribution in [0.2, 0.25) is 0 Å². The summed E-state index contributed by atoms with van der Waals surface area (Å²) in [5.74, 6) is 2.68. The molecule has 2 nitrogen and oxygen atoms in total. The molecule has 0 aromatic carbocycles. The normalized spacial score (nSPS) is 31.5. The van der Waals surface area contributed by atoms with Crippen LogP contribution in [0.15, 0.2) is 0 Å². The third-order valence-corrected chi connectivity index (χ3v) is 6.78. The van der Waals surface area contributed by atoms with Crippen LogP contribution in [0.25, 0.3) is 0 Å². The quantitative estimate of drug-likeness (QED) is 0.845. The Labute approximate surface area is 133 Å². The van der Waals surface area contributed by atoms with Gasteiger partial charge in [-0.05, 0) is 62.8 Å². The standard InChI is InChI=1S/C18H30N2S/c1-12(2)10-19-11-18(8-15-5-6-16(18)7-15)9-17-20-13(3)14(4)21-17/h12,15-16,19H,5-11H2,1-4H3. The number of hydrogen-bond donors (Lipinski definition) is 1. The number of rotatable bonds is 6. The molecule has 0 spiro atoms. The first kappa shape index (κ1) is 15.5. The molecule has 3 unspecified atom stereocenters. The number of fused-ring (bicyclic) bond motifs is 2. The molecule has 1 aromatic rings. The maximum absolute atomic E-state index is 4.84. The Morgan fingerprint density at radius 2 is 2.14 bits per heavy atom. The molecular formula is C18H30N2S. The van der Waals surface area contributed by atoms with Crippen molar-refractivity contribution in [1.82, 2.24) is 10.3 Å². The van der Waals surface area contributed by atoms with Crippen molar-refractivity contribution < 1.29 is 0 Å². The maximum Gasteiger partial charge on any atom is 0.0937 e. The highest BCUT2D eigenvalue weighted by Gasteiger charge is 2.50. The average molecular weight is 307 g/mol. The number of nitrogens with zero attached hydrogens (tertiary/aromatic N) is 1. The lowest BCUT2D eigenvalue weighted by atomic mass is 9.71. The number of nitrogens with one attached hydrogen (secondary N) is 1. The molecule has 1 heterocycles. The molecule has 0 aliphatic heterocycles. The highest BCUT2D eigenvalue weighted by atomic mass is 32.1. The molecular weight excluding hydrogens is 276 g/mol. The van der Waals surface area contributed by atoms with E-state index in [0.717, 1.165) is 24.3 Å². The summed E-state index contributed by atoms with van der Waals surface area (Å²) in [6.07, 6.45) is 7.05. The SMILES string of the molecule is Cc1nc(CC2(CNCC(C)C)CC3CCC2C3)sc1C. The number of aryl methyl sites for hydroxylation is 2. The lowest BCUT2D eigenvalue weighted by Gasteiger charge is -2.38. The van der Waals surface area contributed by atoms with Gasteiger partial charge in [-0.1, -0.05) is 20.3 Å². The number of hydrogen-bond acceptors (Lipinski definition) is 3. The molecule has 0 radical (unpaired) electrons. The fourth-order valence-electron chi connectivity index (χ4n) is 4.58. The van der Waals surface area contributed by atoms with Crippen LogP contribution in [-0.4, -0.2) is 18.1 Å². The van der Waals surface area contributed by atoms with Crippen molar-refractivity contribution in [2.75, 3.05) is 13.1 Å². The predicted octanol–water partition coefficient (Wildman–Crippen LogP) is 4.35. The predicted molar refractivity (Wildman–Crippen MR) is 90.9 cm³/mol. The third-order valence-electron chi connectivity index (χ3n) is 5.71. The summed E-state index contributed by atoms with van der Waals surface area (Å²) >= 11 is 1.93. The second-order valence-corrected chi connectivity index (χ2v) is 9.18. The van der Waals surface area contributed by atoms with E-state index in [-0.39, 0.29) is 0 Å². The minimum absolute atomic E-state index is 0.495. The molecule has 0 saturated heterocycles. The number of thiazole rings is 1. The van der Waals surface area contributed by atoms with Gasteiger partial charge in [-0.15, -0.1) is 11.3 Å². The monoisotopic (exact) mass is 306 g/mol. The van der Waals surface area contributed by atoms with Gasteiger partial charge in [-0.2, -0.15) is 0 Å². The summed E-state index contributed by atoms with van der Waals surface area (Å²) in [6, 6.07) is 0. The largest absolute Gasteiger partial charge is 0.316 e. The lowest BCUT2D eigenvalue weighted by Crippen LogP contribution is -2.41. The first-order valence-electron chi connectivity index (χ1n) is 8.62. The Bertz CT molecular complexity index is 474.